The molecule has 0 spiro atoms. The summed E-state index contributed by atoms with van der Waals surface area (Å²) in [5, 5.41) is 21.9. The maximum absolute atomic E-state index is 12.9. The molecule has 1 unspecified atom stereocenters. The van der Waals surface area contributed by atoms with Crippen molar-refractivity contribution in [1.29, 1.82) is 0 Å². The molecule has 1 saturated heterocycles. The summed E-state index contributed by atoms with van der Waals surface area (Å²) in [7, 11) is 0. The molecule has 8 nitrogen and oxygen atoms in total. The van der Waals surface area contributed by atoms with E-state index in [0.717, 1.165) is 0 Å². The number of nitro benzene ring substituents is 1. The number of nitro groups is 1. The maximum atomic E-state index is 12.9. The van der Waals surface area contributed by atoms with E-state index in [9.17, 15) is 24.8 Å². The number of nitrogens with zero attached hydrogens (tertiary/aromatic N) is 3. The number of aliphatic hydroxyl groups excluding tert-OH is 1. The first-order valence-corrected chi connectivity index (χ1v) is 9.45. The van der Waals surface area contributed by atoms with Gasteiger partial charge in [-0.05, 0) is 29.8 Å². The normalized spacial score (nSPS) is 17.7. The highest BCUT2D eigenvalue weighted by Gasteiger charge is 2.46. The number of amides is 1. The van der Waals surface area contributed by atoms with Crippen molar-refractivity contribution in [1.82, 2.24) is 9.88 Å². The Morgan fingerprint density at radius 3 is 2.29 bits per heavy atom. The van der Waals surface area contributed by atoms with Crippen molar-refractivity contribution >= 4 is 23.1 Å². The molecule has 2 aromatic carbocycles. The molecule has 0 bridgehead atoms. The topological polar surface area (TPSA) is 114 Å². The lowest BCUT2D eigenvalue weighted by Gasteiger charge is -2.25. The van der Waals surface area contributed by atoms with Gasteiger partial charge in [-0.15, -0.1) is 0 Å². The Bertz CT molecular complexity index is 1170. The van der Waals surface area contributed by atoms with Gasteiger partial charge in [0.1, 0.15) is 5.76 Å². The van der Waals surface area contributed by atoms with E-state index in [-0.39, 0.29) is 29.1 Å². The molecule has 3 aromatic rings. The standard InChI is InChI=1S/C23H17N3O5/c27-21(16-9-11-18(12-10-16)26(30)31)19-20(15-6-2-1-3-7-15)25(23(29)22(19)28)14-17-8-4-5-13-24-17/h1-13,20,27H,14H2/b21-19-. The number of Topliss-reactive ketones (excluding diaryl/α,β-unsaturated/α-hetero) is 1. The summed E-state index contributed by atoms with van der Waals surface area (Å²) in [6.45, 7) is 0.0853. The van der Waals surface area contributed by atoms with Crippen LogP contribution in [0, 0.1) is 10.1 Å². The highest BCUT2D eigenvalue weighted by atomic mass is 16.6. The molecule has 1 aliphatic heterocycles. The van der Waals surface area contributed by atoms with E-state index >= 15 is 0 Å². The van der Waals surface area contributed by atoms with Crippen LogP contribution in [0.2, 0.25) is 0 Å². The number of ketones is 1. The number of pyridine rings is 1. The van der Waals surface area contributed by atoms with Crippen molar-refractivity contribution in [2.45, 2.75) is 12.6 Å². The van der Waals surface area contributed by atoms with Crippen LogP contribution in [0.4, 0.5) is 5.69 Å². The van der Waals surface area contributed by atoms with Crippen LogP contribution >= 0.6 is 0 Å². The average Bonchev–Trinajstić information content (AvgIpc) is 3.05. The predicted molar refractivity (Wildman–Crippen MR) is 112 cm³/mol. The minimum absolute atomic E-state index is 0.0685. The predicted octanol–water partition coefficient (Wildman–Crippen LogP) is 3.61. The monoisotopic (exact) mass is 415 g/mol. The number of carbonyl (C=O) groups excluding carboxylic acids is 2. The molecule has 154 valence electrons. The molecular formula is C23H17N3O5. The van der Waals surface area contributed by atoms with E-state index in [2.05, 4.69) is 4.98 Å². The van der Waals surface area contributed by atoms with Crippen LogP contribution in [0.1, 0.15) is 22.9 Å². The number of likely N-dealkylation sites (tertiary alicyclic amines) is 1. The van der Waals surface area contributed by atoms with Gasteiger partial charge in [0.2, 0.25) is 0 Å². The number of rotatable bonds is 5. The van der Waals surface area contributed by atoms with Crippen LogP contribution < -0.4 is 0 Å². The van der Waals surface area contributed by atoms with Crippen LogP contribution in [-0.4, -0.2) is 31.6 Å². The fourth-order valence-corrected chi connectivity index (χ4v) is 3.59. The van der Waals surface area contributed by atoms with E-state index in [1.807, 2.05) is 6.07 Å². The van der Waals surface area contributed by atoms with E-state index in [4.69, 9.17) is 0 Å². The molecule has 1 N–H and O–H groups in total. The molecule has 2 heterocycles. The van der Waals surface area contributed by atoms with Gasteiger partial charge in [0.05, 0.1) is 28.8 Å². The second-order valence-electron chi connectivity index (χ2n) is 6.96. The molecule has 0 saturated carbocycles. The Morgan fingerprint density at radius 1 is 1.00 bits per heavy atom. The van der Waals surface area contributed by atoms with Crippen LogP contribution in [0.5, 0.6) is 0 Å². The highest BCUT2D eigenvalue weighted by molar-refractivity contribution is 6.46. The van der Waals surface area contributed by atoms with Gasteiger partial charge in [-0.25, -0.2) is 0 Å². The second kappa shape index (κ2) is 8.19. The molecular weight excluding hydrogens is 398 g/mol. The summed E-state index contributed by atoms with van der Waals surface area (Å²) in [5.41, 5.74) is 1.25. The summed E-state index contributed by atoms with van der Waals surface area (Å²) in [5.74, 6) is -1.95. The molecule has 4 rings (SSSR count). The zero-order valence-electron chi connectivity index (χ0n) is 16.2. The Balaban J connectivity index is 1.83. The van der Waals surface area contributed by atoms with Gasteiger partial charge in [-0.1, -0.05) is 36.4 Å². The lowest BCUT2D eigenvalue weighted by Crippen LogP contribution is -2.29. The zero-order valence-corrected chi connectivity index (χ0v) is 16.2. The van der Waals surface area contributed by atoms with E-state index in [1.54, 1.807) is 48.7 Å². The van der Waals surface area contributed by atoms with Crippen LogP contribution in [0.25, 0.3) is 5.76 Å². The molecule has 31 heavy (non-hydrogen) atoms. The average molecular weight is 415 g/mol. The maximum Gasteiger partial charge on any atom is 0.296 e. The van der Waals surface area contributed by atoms with Crippen LogP contribution in [-0.2, 0) is 16.1 Å². The first-order chi connectivity index (χ1) is 15.0. The molecule has 0 aliphatic carbocycles. The van der Waals surface area contributed by atoms with Gasteiger partial charge in [0.25, 0.3) is 17.4 Å². The van der Waals surface area contributed by atoms with E-state index in [1.165, 1.54) is 29.2 Å². The number of aromatic nitrogens is 1. The van der Waals surface area contributed by atoms with Gasteiger partial charge >= 0.3 is 0 Å². The lowest BCUT2D eigenvalue weighted by atomic mass is 9.95. The van der Waals surface area contributed by atoms with Crippen molar-refractivity contribution in [2.24, 2.45) is 0 Å². The van der Waals surface area contributed by atoms with Crippen molar-refractivity contribution in [2.75, 3.05) is 0 Å². The largest absolute Gasteiger partial charge is 0.507 e. The zero-order chi connectivity index (χ0) is 22.0. The Kier molecular flexibility index (Phi) is 5.28. The lowest BCUT2D eigenvalue weighted by molar-refractivity contribution is -0.384. The Hall–Kier alpha value is -4.33. The van der Waals surface area contributed by atoms with Gasteiger partial charge in [0.15, 0.2) is 0 Å². The molecule has 1 aromatic heterocycles. The van der Waals surface area contributed by atoms with Crippen molar-refractivity contribution < 1.29 is 19.6 Å². The summed E-state index contributed by atoms with van der Waals surface area (Å²) < 4.78 is 0. The number of aliphatic hydroxyl groups is 1. The first kappa shape index (κ1) is 20.0. The van der Waals surface area contributed by atoms with Gasteiger partial charge in [-0.2, -0.15) is 0 Å². The van der Waals surface area contributed by atoms with Crippen LogP contribution in [0.15, 0.2) is 84.6 Å². The SMILES string of the molecule is O=C1C(=O)N(Cc2ccccn2)C(c2ccccc2)/C1=C(/O)c1ccc([N+](=O)[O-])cc1. The quantitative estimate of drug-likeness (QED) is 0.224. The third-order valence-electron chi connectivity index (χ3n) is 5.07. The van der Waals surface area contributed by atoms with Gasteiger partial charge in [-0.3, -0.25) is 24.7 Å². The molecule has 1 amide bonds. The molecule has 1 fully saturated rings. The number of benzene rings is 2. The third-order valence-corrected chi connectivity index (χ3v) is 5.07. The first-order valence-electron chi connectivity index (χ1n) is 9.45. The summed E-state index contributed by atoms with van der Waals surface area (Å²) in [6, 6.07) is 18.5. The number of hydrogen-bond donors (Lipinski definition) is 1. The molecule has 1 aliphatic rings. The van der Waals surface area contributed by atoms with Gasteiger partial charge < -0.3 is 10.0 Å². The fourth-order valence-electron chi connectivity index (χ4n) is 3.59. The Morgan fingerprint density at radius 2 is 1.68 bits per heavy atom. The highest BCUT2D eigenvalue weighted by Crippen LogP contribution is 2.40. The Labute approximate surface area is 177 Å². The summed E-state index contributed by atoms with van der Waals surface area (Å²) >= 11 is 0. The van der Waals surface area contributed by atoms with Crippen LogP contribution in [0.3, 0.4) is 0 Å². The van der Waals surface area contributed by atoms with E-state index < -0.39 is 22.7 Å². The number of carbonyl (C=O) groups is 2. The summed E-state index contributed by atoms with van der Waals surface area (Å²) in [6.07, 6.45) is 1.60. The molecule has 0 radical (unpaired) electrons. The van der Waals surface area contributed by atoms with Crippen molar-refractivity contribution in [3.05, 3.63) is 112 Å². The van der Waals surface area contributed by atoms with E-state index in [0.29, 0.717) is 11.3 Å². The number of non-ortho nitro benzene ring substituents is 1. The fraction of sp³-hybridized carbons (Fsp3) is 0.0870. The van der Waals surface area contributed by atoms with Crippen molar-refractivity contribution in [3.8, 4) is 0 Å². The smallest absolute Gasteiger partial charge is 0.296 e. The third kappa shape index (κ3) is 3.78. The number of hydrogen-bond acceptors (Lipinski definition) is 6. The molecule has 8 heteroatoms. The van der Waals surface area contributed by atoms with Crippen molar-refractivity contribution in [3.63, 3.8) is 0 Å². The molecule has 1 atom stereocenters. The minimum atomic E-state index is -0.821. The minimum Gasteiger partial charge on any atom is -0.507 e. The summed E-state index contributed by atoms with van der Waals surface area (Å²) in [4.78, 5) is 41.8. The van der Waals surface area contributed by atoms with Gasteiger partial charge in [0, 0.05) is 23.9 Å². The second-order valence-corrected chi connectivity index (χ2v) is 6.96.